The van der Waals surface area contributed by atoms with Crippen LogP contribution in [0.1, 0.15) is 23.8 Å². The van der Waals surface area contributed by atoms with Gasteiger partial charge in [0.25, 0.3) is 5.91 Å². The molecule has 122 valence electrons. The number of likely N-dealkylation sites (tertiary alicyclic amines) is 1. The minimum absolute atomic E-state index is 0.155. The molecule has 0 spiro atoms. The number of nitrogens with zero attached hydrogens (tertiary/aromatic N) is 2. The molecule has 0 saturated carbocycles. The topological polar surface area (TPSA) is 62.5 Å². The van der Waals surface area contributed by atoms with E-state index in [0.29, 0.717) is 23.7 Å². The maximum absolute atomic E-state index is 13.0. The molecule has 1 amide bonds. The Balaban J connectivity index is 1.99. The normalized spacial score (nSPS) is 21.6. The van der Waals surface area contributed by atoms with E-state index in [1.807, 2.05) is 38.2 Å². The summed E-state index contributed by atoms with van der Waals surface area (Å²) < 4.78 is 1.79. The molecule has 0 bridgehead atoms. The first kappa shape index (κ1) is 15.9. The van der Waals surface area contributed by atoms with Gasteiger partial charge in [0, 0.05) is 31.0 Å². The summed E-state index contributed by atoms with van der Waals surface area (Å²) in [5.41, 5.74) is 1.31. The van der Waals surface area contributed by atoms with Gasteiger partial charge < -0.3 is 14.6 Å². The highest BCUT2D eigenvalue weighted by Gasteiger charge is 2.34. The number of rotatable bonds is 2. The number of aryl methyl sites for hydroxylation is 1. The maximum atomic E-state index is 13.0. The van der Waals surface area contributed by atoms with Crippen LogP contribution in [0.15, 0.2) is 24.3 Å². The molecule has 1 saturated heterocycles. The highest BCUT2D eigenvalue weighted by molar-refractivity contribution is 6.38. The van der Waals surface area contributed by atoms with Crippen LogP contribution in [0.5, 0.6) is 0 Å². The minimum atomic E-state index is -0.850. The Labute approximate surface area is 139 Å². The Morgan fingerprint density at radius 1 is 1.26 bits per heavy atom. The Morgan fingerprint density at radius 2 is 1.96 bits per heavy atom. The van der Waals surface area contributed by atoms with Gasteiger partial charge >= 0.3 is 5.97 Å². The van der Waals surface area contributed by atoms with Crippen molar-refractivity contribution in [1.82, 2.24) is 9.47 Å². The number of hydrogen-bond acceptors (Lipinski definition) is 2. The molecule has 1 aromatic heterocycles. The molecule has 23 heavy (non-hydrogen) atoms. The number of carbonyl (C=O) groups excluding carboxylic acids is 1. The summed E-state index contributed by atoms with van der Waals surface area (Å²) in [5, 5.41) is 10.5. The second kappa shape index (κ2) is 5.89. The third-order valence-electron chi connectivity index (χ3n) is 4.54. The van der Waals surface area contributed by atoms with Gasteiger partial charge in [-0.15, -0.1) is 0 Å². The molecule has 2 aromatic rings. The van der Waals surface area contributed by atoms with Crippen molar-refractivity contribution in [2.45, 2.75) is 13.3 Å². The van der Waals surface area contributed by atoms with E-state index in [1.165, 1.54) is 0 Å². The fraction of sp³-hybridized carbons (Fsp3) is 0.412. The van der Waals surface area contributed by atoms with Gasteiger partial charge in [-0.3, -0.25) is 9.59 Å². The Morgan fingerprint density at radius 3 is 2.61 bits per heavy atom. The Bertz CT molecular complexity index is 744. The summed E-state index contributed by atoms with van der Waals surface area (Å²) >= 11 is 6.43. The molecule has 0 aliphatic carbocycles. The SMILES string of the molecule is CC1CC(C(=O)O)CN(C(=O)c2c(Cl)c3ccccc3n2C)C1. The molecular weight excluding hydrogens is 316 g/mol. The zero-order valence-corrected chi connectivity index (χ0v) is 13.9. The van der Waals surface area contributed by atoms with E-state index >= 15 is 0 Å². The van der Waals surface area contributed by atoms with Gasteiger partial charge in [-0.2, -0.15) is 0 Å². The highest BCUT2D eigenvalue weighted by atomic mass is 35.5. The van der Waals surface area contributed by atoms with Crippen molar-refractivity contribution in [3.8, 4) is 0 Å². The second-order valence-corrected chi connectivity index (χ2v) is 6.70. The number of benzene rings is 1. The molecule has 2 heterocycles. The molecule has 0 radical (unpaired) electrons. The van der Waals surface area contributed by atoms with Crippen LogP contribution in [0.25, 0.3) is 10.9 Å². The monoisotopic (exact) mass is 334 g/mol. The number of para-hydroxylation sites is 1. The molecule has 5 nitrogen and oxygen atoms in total. The van der Waals surface area contributed by atoms with Crippen LogP contribution in [0.3, 0.4) is 0 Å². The third-order valence-corrected chi connectivity index (χ3v) is 4.93. The largest absolute Gasteiger partial charge is 0.481 e. The standard InChI is InChI=1S/C17H19ClN2O3/c1-10-7-11(17(22)23)9-20(8-10)16(21)15-14(18)12-5-3-4-6-13(12)19(15)2/h3-6,10-11H,7-9H2,1-2H3,(H,22,23). The lowest BCUT2D eigenvalue weighted by atomic mass is 9.90. The molecular formula is C17H19ClN2O3. The maximum Gasteiger partial charge on any atom is 0.308 e. The number of hydrogen-bond donors (Lipinski definition) is 1. The van der Waals surface area contributed by atoms with Gasteiger partial charge in [-0.05, 0) is 18.4 Å². The lowest BCUT2D eigenvalue weighted by molar-refractivity contribution is -0.143. The number of amides is 1. The number of halogens is 1. The van der Waals surface area contributed by atoms with E-state index in [4.69, 9.17) is 11.6 Å². The fourth-order valence-corrected chi connectivity index (χ4v) is 3.80. The van der Waals surface area contributed by atoms with Gasteiger partial charge in [0.2, 0.25) is 0 Å². The van der Waals surface area contributed by atoms with Gasteiger partial charge in [0.15, 0.2) is 0 Å². The molecule has 1 N–H and O–H groups in total. The number of carboxylic acids is 1. The number of piperidine rings is 1. The summed E-state index contributed by atoms with van der Waals surface area (Å²) in [5.74, 6) is -1.41. The van der Waals surface area contributed by atoms with Crippen LogP contribution in [0.4, 0.5) is 0 Å². The molecule has 1 aliphatic rings. The van der Waals surface area contributed by atoms with Crippen LogP contribution < -0.4 is 0 Å². The third kappa shape index (κ3) is 2.70. The number of carboxylic acid groups (broad SMARTS) is 1. The highest BCUT2D eigenvalue weighted by Crippen LogP contribution is 2.32. The van der Waals surface area contributed by atoms with E-state index in [1.54, 1.807) is 9.47 Å². The summed E-state index contributed by atoms with van der Waals surface area (Å²) in [6, 6.07) is 7.58. The Hall–Kier alpha value is -2.01. The van der Waals surface area contributed by atoms with Gasteiger partial charge in [-0.1, -0.05) is 36.7 Å². The minimum Gasteiger partial charge on any atom is -0.481 e. The first-order valence-electron chi connectivity index (χ1n) is 7.65. The quantitative estimate of drug-likeness (QED) is 0.918. The molecule has 2 unspecified atom stereocenters. The van der Waals surface area contributed by atoms with Crippen LogP contribution in [-0.4, -0.2) is 39.5 Å². The van der Waals surface area contributed by atoms with E-state index < -0.39 is 11.9 Å². The van der Waals surface area contributed by atoms with Crippen LogP contribution >= 0.6 is 11.6 Å². The predicted octanol–water partition coefficient (Wildman–Crippen LogP) is 3.01. The van der Waals surface area contributed by atoms with E-state index in [2.05, 4.69) is 0 Å². The molecule has 1 fully saturated rings. The van der Waals surface area contributed by atoms with Crippen molar-refractivity contribution in [3.05, 3.63) is 35.0 Å². The fourth-order valence-electron chi connectivity index (χ4n) is 3.43. The summed E-state index contributed by atoms with van der Waals surface area (Å²) in [7, 11) is 1.81. The van der Waals surface area contributed by atoms with Crippen molar-refractivity contribution >= 4 is 34.4 Å². The van der Waals surface area contributed by atoms with Crippen LogP contribution in [-0.2, 0) is 11.8 Å². The average Bonchev–Trinajstić information content (AvgIpc) is 2.78. The van der Waals surface area contributed by atoms with Crippen molar-refractivity contribution in [2.24, 2.45) is 18.9 Å². The van der Waals surface area contributed by atoms with Crippen molar-refractivity contribution < 1.29 is 14.7 Å². The molecule has 1 aliphatic heterocycles. The van der Waals surface area contributed by atoms with E-state index in [9.17, 15) is 14.7 Å². The number of carbonyl (C=O) groups is 2. The number of fused-ring (bicyclic) bond motifs is 1. The molecule has 1 aromatic carbocycles. The molecule has 6 heteroatoms. The van der Waals surface area contributed by atoms with Crippen molar-refractivity contribution in [3.63, 3.8) is 0 Å². The van der Waals surface area contributed by atoms with Gasteiger partial charge in [0.1, 0.15) is 5.69 Å². The first-order chi connectivity index (χ1) is 10.9. The van der Waals surface area contributed by atoms with Crippen LogP contribution in [0.2, 0.25) is 5.02 Å². The second-order valence-electron chi connectivity index (χ2n) is 6.32. The van der Waals surface area contributed by atoms with Crippen LogP contribution in [0, 0.1) is 11.8 Å². The van der Waals surface area contributed by atoms with E-state index in [-0.39, 0.29) is 18.4 Å². The van der Waals surface area contributed by atoms with Crippen molar-refractivity contribution in [2.75, 3.05) is 13.1 Å². The first-order valence-corrected chi connectivity index (χ1v) is 8.03. The zero-order chi connectivity index (χ0) is 16.7. The summed E-state index contributed by atoms with van der Waals surface area (Å²) in [6.07, 6.45) is 0.599. The summed E-state index contributed by atoms with van der Waals surface area (Å²) in [4.78, 5) is 25.9. The lowest BCUT2D eigenvalue weighted by Gasteiger charge is -2.34. The smallest absolute Gasteiger partial charge is 0.308 e. The number of aromatic nitrogens is 1. The van der Waals surface area contributed by atoms with Crippen molar-refractivity contribution in [1.29, 1.82) is 0 Å². The molecule has 2 atom stereocenters. The number of aliphatic carboxylic acids is 1. The zero-order valence-electron chi connectivity index (χ0n) is 13.1. The lowest BCUT2D eigenvalue weighted by Crippen LogP contribution is -2.46. The Kier molecular flexibility index (Phi) is 4.06. The van der Waals surface area contributed by atoms with Gasteiger partial charge in [-0.25, -0.2) is 0 Å². The van der Waals surface area contributed by atoms with E-state index in [0.717, 1.165) is 10.9 Å². The molecule has 3 rings (SSSR count). The average molecular weight is 335 g/mol. The summed E-state index contributed by atoms with van der Waals surface area (Å²) in [6.45, 7) is 2.76. The predicted molar refractivity (Wildman–Crippen MR) is 88.7 cm³/mol. The van der Waals surface area contributed by atoms with Gasteiger partial charge in [0.05, 0.1) is 10.9 Å².